The zero-order valence-corrected chi connectivity index (χ0v) is 47.4. The van der Waals surface area contributed by atoms with Crippen LogP contribution >= 0.6 is 0 Å². The molecule has 0 amide bonds. The summed E-state index contributed by atoms with van der Waals surface area (Å²) in [7, 11) is 0. The van der Waals surface area contributed by atoms with Crippen LogP contribution in [0.1, 0.15) is 201 Å². The van der Waals surface area contributed by atoms with E-state index in [0.717, 1.165) is 109 Å². The Morgan fingerprint density at radius 3 is 1.34 bits per heavy atom. The fourth-order valence-electron chi connectivity index (χ4n) is 7.80. The van der Waals surface area contributed by atoms with E-state index >= 15 is 0 Å². The van der Waals surface area contributed by atoms with Gasteiger partial charge in [-0.15, -0.1) is 0 Å². The number of rotatable bonds is 47. The Morgan fingerprint density at radius 2 is 0.857 bits per heavy atom. The Balaban J connectivity index is 2.77. The first-order valence-electron chi connectivity index (χ1n) is 29.2. The number of esters is 3. The first kappa shape index (κ1) is 69.9. The molecular formula is C65H100O12. The molecule has 1 aliphatic heterocycles. The van der Waals surface area contributed by atoms with Gasteiger partial charge in [0.25, 0.3) is 0 Å². The second kappa shape index (κ2) is 51.6. The molecule has 1 rings (SSSR count). The van der Waals surface area contributed by atoms with Crippen LogP contribution in [0, 0.1) is 0 Å². The predicted molar refractivity (Wildman–Crippen MR) is 312 cm³/mol. The summed E-state index contributed by atoms with van der Waals surface area (Å²) in [4.78, 5) is 51.0. The van der Waals surface area contributed by atoms with E-state index in [-0.39, 0.29) is 25.9 Å². The van der Waals surface area contributed by atoms with Crippen molar-refractivity contribution in [3.63, 3.8) is 0 Å². The lowest BCUT2D eigenvalue weighted by Gasteiger charge is -2.40. The molecule has 77 heavy (non-hydrogen) atoms. The summed E-state index contributed by atoms with van der Waals surface area (Å²) in [5, 5.41) is 31.5. The minimum Gasteiger partial charge on any atom is -0.479 e. The van der Waals surface area contributed by atoms with Gasteiger partial charge in [-0.25, -0.2) is 4.79 Å². The molecule has 1 aliphatic rings. The molecular weight excluding hydrogens is 973 g/mol. The van der Waals surface area contributed by atoms with E-state index in [1.165, 1.54) is 19.3 Å². The van der Waals surface area contributed by atoms with Crippen LogP contribution < -0.4 is 0 Å². The second-order valence-corrected chi connectivity index (χ2v) is 19.2. The zero-order valence-electron chi connectivity index (χ0n) is 47.4. The molecule has 0 saturated carbocycles. The van der Waals surface area contributed by atoms with E-state index in [1.54, 1.807) is 0 Å². The Bertz CT molecular complexity index is 1850. The highest BCUT2D eigenvalue weighted by atomic mass is 16.7. The molecule has 6 unspecified atom stereocenters. The molecule has 12 heteroatoms. The van der Waals surface area contributed by atoms with Crippen molar-refractivity contribution in [1.29, 1.82) is 0 Å². The van der Waals surface area contributed by atoms with Gasteiger partial charge in [-0.05, 0) is 116 Å². The van der Waals surface area contributed by atoms with Gasteiger partial charge in [0.05, 0.1) is 6.61 Å². The van der Waals surface area contributed by atoms with Gasteiger partial charge in [0.15, 0.2) is 24.6 Å². The SMILES string of the molecule is CC/C=C\C/C=C\C/C=C\C/C=C\C/C=C\CCCC(=O)OCC(COC1OC(C(=O)O)C(O)C(O)C1OC(=O)CCCCCCCCC/C=C\C/C=C\CCCCC)OC(=O)CC/C=C\C/C=C\C/C=C\C/C=C\CC. The predicted octanol–water partition coefficient (Wildman–Crippen LogP) is 15.0. The average molecular weight is 1070 g/mol. The van der Waals surface area contributed by atoms with Gasteiger partial charge >= 0.3 is 23.9 Å². The Hall–Kier alpha value is -5.14. The first-order chi connectivity index (χ1) is 37.6. The van der Waals surface area contributed by atoms with Crippen molar-refractivity contribution in [3.05, 3.63) is 134 Å². The average Bonchev–Trinajstić information content (AvgIpc) is 3.42. The highest BCUT2D eigenvalue weighted by Crippen LogP contribution is 2.26. The number of carbonyl (C=O) groups is 4. The number of carboxylic acids is 1. The monoisotopic (exact) mass is 1070 g/mol. The molecule has 0 radical (unpaired) electrons. The van der Waals surface area contributed by atoms with Crippen LogP contribution in [-0.2, 0) is 42.9 Å². The number of carboxylic acid groups (broad SMARTS) is 1. The quantitative estimate of drug-likeness (QED) is 0.0228. The molecule has 6 atom stereocenters. The minimum absolute atomic E-state index is 0.0211. The number of aliphatic hydroxyl groups excluding tert-OH is 2. The molecule has 0 aromatic carbocycles. The van der Waals surface area contributed by atoms with Crippen molar-refractivity contribution in [1.82, 2.24) is 0 Å². The van der Waals surface area contributed by atoms with Crippen LogP contribution in [0.4, 0.5) is 0 Å². The molecule has 1 fully saturated rings. The second-order valence-electron chi connectivity index (χ2n) is 19.2. The van der Waals surface area contributed by atoms with E-state index in [2.05, 4.69) is 124 Å². The standard InChI is InChI=1S/C65H100O12/c1-4-7-10-13-16-19-22-25-27-29-31-34-36-39-42-45-48-51-57(66)73-54-56(75-58(67)52-49-46-43-40-37-33-24-21-18-15-12-9-6-3)55-74-65-63(61(70)60(69)62(77-65)64(71)72)76-59(68)53-50-47-44-41-38-35-32-30-28-26-23-20-17-14-11-8-5-2/h7,9-10,12,16-21,25-28,31,33-34,37,39,42-43,46,56,60-63,65,69-70H,4-6,8,11,13-15,22-24,29-30,32,35-36,38,40-41,44-45,47-55H2,1-3H3,(H,71,72)/b10-7-,12-9-,19-16-,20-17-,21-18-,27-25-,28-26-,34-31-,37-33-,42-39-,46-43-. The molecule has 0 bridgehead atoms. The molecule has 432 valence electrons. The van der Waals surface area contributed by atoms with Crippen LogP contribution in [0.25, 0.3) is 0 Å². The summed E-state index contributed by atoms with van der Waals surface area (Å²) in [6, 6.07) is 0. The lowest BCUT2D eigenvalue weighted by atomic mass is 9.98. The first-order valence-corrected chi connectivity index (χ1v) is 29.2. The fourth-order valence-corrected chi connectivity index (χ4v) is 7.80. The molecule has 0 aromatic rings. The summed E-state index contributed by atoms with van der Waals surface area (Å²) in [5.41, 5.74) is 0. The van der Waals surface area contributed by atoms with Crippen LogP contribution in [-0.4, -0.2) is 89.2 Å². The van der Waals surface area contributed by atoms with Crippen LogP contribution in [0.2, 0.25) is 0 Å². The van der Waals surface area contributed by atoms with Gasteiger partial charge in [-0.3, -0.25) is 14.4 Å². The number of unbranched alkanes of at least 4 members (excludes halogenated alkanes) is 11. The van der Waals surface area contributed by atoms with Gasteiger partial charge in [0.2, 0.25) is 0 Å². The summed E-state index contributed by atoms with van der Waals surface area (Å²) in [6.07, 6.45) is 60.1. The third kappa shape index (κ3) is 41.6. The molecule has 1 heterocycles. The molecule has 0 aromatic heterocycles. The normalized spacial score (nSPS) is 19.0. The number of aliphatic hydroxyl groups is 2. The van der Waals surface area contributed by atoms with Crippen molar-refractivity contribution >= 4 is 23.9 Å². The maximum atomic E-state index is 13.1. The fraction of sp³-hybridized carbons (Fsp3) is 0.600. The number of aliphatic carboxylic acids is 1. The number of hydrogen-bond acceptors (Lipinski definition) is 11. The van der Waals surface area contributed by atoms with E-state index in [0.29, 0.717) is 32.1 Å². The van der Waals surface area contributed by atoms with E-state index in [1.807, 2.05) is 30.4 Å². The van der Waals surface area contributed by atoms with Crippen molar-refractivity contribution in [3.8, 4) is 0 Å². The maximum Gasteiger partial charge on any atom is 0.335 e. The molecule has 1 saturated heterocycles. The zero-order chi connectivity index (χ0) is 56.1. The molecule has 12 nitrogen and oxygen atoms in total. The third-order valence-corrected chi connectivity index (χ3v) is 12.2. The van der Waals surface area contributed by atoms with Crippen molar-refractivity contribution in [2.75, 3.05) is 13.2 Å². The van der Waals surface area contributed by atoms with Crippen LogP contribution in [0.3, 0.4) is 0 Å². The number of hydrogen-bond donors (Lipinski definition) is 3. The van der Waals surface area contributed by atoms with E-state index in [9.17, 15) is 34.5 Å². The number of carbonyl (C=O) groups excluding carboxylic acids is 3. The number of allylic oxidation sites excluding steroid dienone is 22. The summed E-state index contributed by atoms with van der Waals surface area (Å²) >= 11 is 0. The van der Waals surface area contributed by atoms with Crippen LogP contribution in [0.5, 0.6) is 0 Å². The van der Waals surface area contributed by atoms with Gasteiger partial charge in [0, 0.05) is 19.3 Å². The lowest BCUT2D eigenvalue weighted by molar-refractivity contribution is -0.301. The number of ether oxygens (including phenoxy) is 5. The lowest BCUT2D eigenvalue weighted by Crippen LogP contribution is -2.61. The Morgan fingerprint density at radius 1 is 0.442 bits per heavy atom. The Kier molecular flexibility index (Phi) is 46.8. The van der Waals surface area contributed by atoms with Crippen LogP contribution in [0.15, 0.2) is 134 Å². The summed E-state index contributed by atoms with van der Waals surface area (Å²) in [5.74, 6) is -3.34. The summed E-state index contributed by atoms with van der Waals surface area (Å²) in [6.45, 7) is 5.60. The third-order valence-electron chi connectivity index (χ3n) is 12.2. The molecule has 3 N–H and O–H groups in total. The van der Waals surface area contributed by atoms with Crippen molar-refractivity contribution < 1.29 is 58.2 Å². The summed E-state index contributed by atoms with van der Waals surface area (Å²) < 4.78 is 28.2. The topological polar surface area (TPSA) is 175 Å². The largest absolute Gasteiger partial charge is 0.479 e. The highest BCUT2D eigenvalue weighted by molar-refractivity contribution is 5.74. The van der Waals surface area contributed by atoms with Crippen molar-refractivity contribution in [2.24, 2.45) is 0 Å². The van der Waals surface area contributed by atoms with Gasteiger partial charge in [-0.1, -0.05) is 199 Å². The minimum atomic E-state index is -1.93. The van der Waals surface area contributed by atoms with Crippen molar-refractivity contribution in [2.45, 2.75) is 237 Å². The molecule has 0 spiro atoms. The Labute approximate surface area is 464 Å². The van der Waals surface area contributed by atoms with E-state index < -0.39 is 67.3 Å². The van der Waals surface area contributed by atoms with Gasteiger partial charge in [0.1, 0.15) is 18.8 Å². The maximum absolute atomic E-state index is 13.1. The smallest absolute Gasteiger partial charge is 0.335 e. The molecule has 0 aliphatic carbocycles. The van der Waals surface area contributed by atoms with E-state index in [4.69, 9.17) is 23.7 Å². The van der Waals surface area contributed by atoms with Gasteiger partial charge < -0.3 is 39.0 Å². The highest BCUT2D eigenvalue weighted by Gasteiger charge is 2.50. The van der Waals surface area contributed by atoms with Gasteiger partial charge in [-0.2, -0.15) is 0 Å².